The molecule has 0 fully saturated rings. The van der Waals surface area contributed by atoms with Crippen LogP contribution in [0.5, 0.6) is 5.75 Å². The standard InChI is InChI=1S/C23H30N6O.HI/c1-4-22-28-26-17-29(22)15-14-24-23(27-18(2)19-10-6-5-7-11-19)25-16-20-12-8-9-13-21(20)30-3;/h5-13,17-18H,4,14-16H2,1-3H3,(H2,24,25,27);1H. The minimum absolute atomic E-state index is 0. The van der Waals surface area contributed by atoms with Gasteiger partial charge in [0.25, 0.3) is 0 Å². The van der Waals surface area contributed by atoms with Gasteiger partial charge < -0.3 is 19.9 Å². The predicted molar refractivity (Wildman–Crippen MR) is 135 cm³/mol. The molecule has 0 bridgehead atoms. The Morgan fingerprint density at radius 3 is 2.61 bits per heavy atom. The van der Waals surface area contributed by atoms with Gasteiger partial charge in [0.1, 0.15) is 17.9 Å². The highest BCUT2D eigenvalue weighted by Crippen LogP contribution is 2.18. The van der Waals surface area contributed by atoms with Crippen LogP contribution in [0.4, 0.5) is 0 Å². The first-order valence-electron chi connectivity index (χ1n) is 10.3. The molecule has 0 amide bonds. The van der Waals surface area contributed by atoms with Gasteiger partial charge in [-0.25, -0.2) is 4.99 Å². The normalized spacial score (nSPS) is 12.0. The number of guanidine groups is 1. The number of benzene rings is 2. The van der Waals surface area contributed by atoms with E-state index in [4.69, 9.17) is 9.73 Å². The summed E-state index contributed by atoms with van der Waals surface area (Å²) in [5.41, 5.74) is 2.25. The Bertz CT molecular complexity index is 944. The van der Waals surface area contributed by atoms with Crippen molar-refractivity contribution < 1.29 is 4.74 Å². The van der Waals surface area contributed by atoms with Crippen LogP contribution in [0.3, 0.4) is 0 Å². The number of ether oxygens (including phenoxy) is 1. The number of aromatic nitrogens is 3. The van der Waals surface area contributed by atoms with Crippen molar-refractivity contribution in [2.75, 3.05) is 13.7 Å². The summed E-state index contributed by atoms with van der Waals surface area (Å²) in [5, 5.41) is 15.1. The highest BCUT2D eigenvalue weighted by atomic mass is 127. The van der Waals surface area contributed by atoms with E-state index < -0.39 is 0 Å². The molecular weight excluding hydrogens is 503 g/mol. The molecule has 1 aromatic heterocycles. The minimum atomic E-state index is 0. The Hall–Kier alpha value is -2.62. The fraction of sp³-hybridized carbons (Fsp3) is 0.348. The summed E-state index contributed by atoms with van der Waals surface area (Å²) in [5.74, 6) is 2.58. The lowest BCUT2D eigenvalue weighted by molar-refractivity contribution is 0.410. The molecule has 1 unspecified atom stereocenters. The molecule has 0 saturated heterocycles. The number of rotatable bonds is 9. The third kappa shape index (κ3) is 7.23. The third-order valence-corrected chi connectivity index (χ3v) is 4.91. The maximum atomic E-state index is 5.46. The Morgan fingerprint density at radius 1 is 1.13 bits per heavy atom. The van der Waals surface area contributed by atoms with E-state index in [0.29, 0.717) is 13.1 Å². The van der Waals surface area contributed by atoms with Gasteiger partial charge in [0.15, 0.2) is 5.96 Å². The van der Waals surface area contributed by atoms with Gasteiger partial charge >= 0.3 is 0 Å². The molecule has 3 rings (SSSR count). The number of hydrogen-bond acceptors (Lipinski definition) is 4. The minimum Gasteiger partial charge on any atom is -0.496 e. The van der Waals surface area contributed by atoms with E-state index in [0.717, 1.165) is 36.1 Å². The van der Waals surface area contributed by atoms with Crippen LogP contribution in [0.2, 0.25) is 0 Å². The zero-order valence-corrected chi connectivity index (χ0v) is 20.6. The Morgan fingerprint density at radius 2 is 1.87 bits per heavy atom. The molecule has 166 valence electrons. The number of aliphatic imine (C=N–C) groups is 1. The van der Waals surface area contributed by atoms with Gasteiger partial charge in [-0.15, -0.1) is 34.2 Å². The van der Waals surface area contributed by atoms with Crippen LogP contribution in [0.15, 0.2) is 65.9 Å². The smallest absolute Gasteiger partial charge is 0.192 e. The van der Waals surface area contributed by atoms with Crippen molar-refractivity contribution >= 4 is 29.9 Å². The summed E-state index contributed by atoms with van der Waals surface area (Å²) >= 11 is 0. The van der Waals surface area contributed by atoms with Crippen LogP contribution in [-0.4, -0.2) is 34.4 Å². The number of aryl methyl sites for hydroxylation is 1. The molecule has 2 aromatic carbocycles. The summed E-state index contributed by atoms with van der Waals surface area (Å²) in [6.45, 7) is 6.21. The van der Waals surface area contributed by atoms with E-state index in [1.807, 2.05) is 42.5 Å². The van der Waals surface area contributed by atoms with Crippen molar-refractivity contribution in [1.82, 2.24) is 25.4 Å². The number of nitrogens with one attached hydrogen (secondary N) is 2. The molecule has 0 saturated carbocycles. The molecule has 3 aromatic rings. The Labute approximate surface area is 201 Å². The lowest BCUT2D eigenvalue weighted by Crippen LogP contribution is -2.40. The van der Waals surface area contributed by atoms with E-state index in [-0.39, 0.29) is 30.0 Å². The third-order valence-electron chi connectivity index (χ3n) is 4.91. The first-order chi connectivity index (χ1) is 14.7. The fourth-order valence-electron chi connectivity index (χ4n) is 3.21. The van der Waals surface area contributed by atoms with Crippen molar-refractivity contribution in [1.29, 1.82) is 0 Å². The Balaban J connectivity index is 0.00000341. The van der Waals surface area contributed by atoms with Gasteiger partial charge in [0.2, 0.25) is 0 Å². The summed E-state index contributed by atoms with van der Waals surface area (Å²) in [7, 11) is 1.68. The molecule has 1 atom stereocenters. The van der Waals surface area contributed by atoms with Gasteiger partial charge in [-0.05, 0) is 18.6 Å². The number of para-hydroxylation sites is 1. The topological polar surface area (TPSA) is 76.4 Å². The molecule has 1 heterocycles. The van der Waals surface area contributed by atoms with E-state index in [1.54, 1.807) is 13.4 Å². The molecule has 0 aliphatic rings. The van der Waals surface area contributed by atoms with Crippen LogP contribution in [0.25, 0.3) is 0 Å². The van der Waals surface area contributed by atoms with Crippen LogP contribution in [0.1, 0.15) is 36.8 Å². The summed E-state index contributed by atoms with van der Waals surface area (Å²) in [4.78, 5) is 4.80. The first-order valence-corrected chi connectivity index (χ1v) is 10.3. The maximum absolute atomic E-state index is 5.46. The highest BCUT2D eigenvalue weighted by Gasteiger charge is 2.09. The van der Waals surface area contributed by atoms with Crippen molar-refractivity contribution in [2.24, 2.45) is 4.99 Å². The fourth-order valence-corrected chi connectivity index (χ4v) is 3.21. The van der Waals surface area contributed by atoms with Gasteiger partial charge in [-0.2, -0.15) is 0 Å². The monoisotopic (exact) mass is 534 g/mol. The second kappa shape index (κ2) is 12.9. The van der Waals surface area contributed by atoms with Crippen LogP contribution in [0, 0.1) is 0 Å². The van der Waals surface area contributed by atoms with Gasteiger partial charge in [-0.3, -0.25) is 0 Å². The highest BCUT2D eigenvalue weighted by molar-refractivity contribution is 14.0. The van der Waals surface area contributed by atoms with Gasteiger partial charge in [-0.1, -0.05) is 55.5 Å². The molecule has 0 spiro atoms. The zero-order chi connectivity index (χ0) is 21.2. The molecule has 8 heteroatoms. The van der Waals surface area contributed by atoms with Crippen molar-refractivity contribution in [3.05, 3.63) is 77.9 Å². The quantitative estimate of drug-likeness (QED) is 0.247. The lowest BCUT2D eigenvalue weighted by Gasteiger charge is -2.19. The van der Waals surface area contributed by atoms with Crippen molar-refractivity contribution in [3.63, 3.8) is 0 Å². The summed E-state index contributed by atoms with van der Waals surface area (Å²) in [6, 6.07) is 18.4. The van der Waals surface area contributed by atoms with Crippen LogP contribution in [-0.2, 0) is 19.5 Å². The average molecular weight is 534 g/mol. The van der Waals surface area contributed by atoms with E-state index >= 15 is 0 Å². The summed E-state index contributed by atoms with van der Waals surface area (Å²) < 4.78 is 7.52. The SMILES string of the molecule is CCc1nncn1CCNC(=NCc1ccccc1OC)NC(C)c1ccccc1.I. The van der Waals surface area contributed by atoms with E-state index in [9.17, 15) is 0 Å². The lowest BCUT2D eigenvalue weighted by atomic mass is 10.1. The van der Waals surface area contributed by atoms with Crippen LogP contribution < -0.4 is 15.4 Å². The molecular formula is C23H31IN6O. The number of halogens is 1. The van der Waals surface area contributed by atoms with Crippen LogP contribution >= 0.6 is 24.0 Å². The molecule has 7 nitrogen and oxygen atoms in total. The molecule has 0 aliphatic carbocycles. The number of nitrogens with zero attached hydrogens (tertiary/aromatic N) is 4. The molecule has 0 radical (unpaired) electrons. The van der Waals surface area contributed by atoms with E-state index in [1.165, 1.54) is 5.56 Å². The predicted octanol–water partition coefficient (Wildman–Crippen LogP) is 3.96. The second-order valence-corrected chi connectivity index (χ2v) is 6.97. The summed E-state index contributed by atoms with van der Waals surface area (Å²) in [6.07, 6.45) is 2.63. The van der Waals surface area contributed by atoms with Crippen molar-refractivity contribution in [3.8, 4) is 5.75 Å². The maximum Gasteiger partial charge on any atom is 0.192 e. The van der Waals surface area contributed by atoms with Gasteiger partial charge in [0, 0.05) is 25.1 Å². The molecule has 2 N–H and O–H groups in total. The number of methoxy groups -OCH3 is 1. The first kappa shape index (κ1) is 24.6. The second-order valence-electron chi connectivity index (χ2n) is 6.97. The largest absolute Gasteiger partial charge is 0.496 e. The zero-order valence-electron chi connectivity index (χ0n) is 18.3. The molecule has 0 aliphatic heterocycles. The van der Waals surface area contributed by atoms with Gasteiger partial charge in [0.05, 0.1) is 19.7 Å². The number of hydrogen-bond donors (Lipinski definition) is 2. The average Bonchev–Trinajstić information content (AvgIpc) is 3.25. The van der Waals surface area contributed by atoms with Crippen molar-refractivity contribution in [2.45, 2.75) is 39.4 Å². The Kier molecular flexibility index (Phi) is 10.3. The molecule has 31 heavy (non-hydrogen) atoms. The van der Waals surface area contributed by atoms with E-state index in [2.05, 4.69) is 51.4 Å².